The lowest BCUT2D eigenvalue weighted by Gasteiger charge is -2.09. The van der Waals surface area contributed by atoms with Crippen LogP contribution in [0, 0.1) is 0 Å². The molecular weight excluding hydrogens is 476 g/mol. The number of hydrogen-bond donors (Lipinski definition) is 0. The summed E-state index contributed by atoms with van der Waals surface area (Å²) in [6.07, 6.45) is 5.18. The van der Waals surface area contributed by atoms with E-state index >= 15 is 0 Å². The van der Waals surface area contributed by atoms with Crippen LogP contribution >= 0.6 is 31.9 Å². The molecule has 0 aromatic heterocycles. The molecule has 0 fully saturated rings. The Morgan fingerprint density at radius 3 is 2.41 bits per heavy atom. The number of esters is 1. The van der Waals surface area contributed by atoms with E-state index in [1.807, 2.05) is 36.4 Å². The second-order valence-corrected chi connectivity index (χ2v) is 7.35. The smallest absolute Gasteiger partial charge is 0.343 e. The van der Waals surface area contributed by atoms with E-state index in [4.69, 9.17) is 14.2 Å². The van der Waals surface area contributed by atoms with Gasteiger partial charge < -0.3 is 14.2 Å². The van der Waals surface area contributed by atoms with Crippen LogP contribution in [-0.2, 0) is 9.53 Å². The first-order valence-corrected chi connectivity index (χ1v) is 9.63. The van der Waals surface area contributed by atoms with Crippen molar-refractivity contribution in [2.45, 2.75) is 0 Å². The van der Waals surface area contributed by atoms with Gasteiger partial charge in [-0.3, -0.25) is 0 Å². The van der Waals surface area contributed by atoms with Crippen LogP contribution < -0.4 is 9.47 Å². The Labute approximate surface area is 174 Å². The zero-order chi connectivity index (χ0) is 19.4. The van der Waals surface area contributed by atoms with Gasteiger partial charge in [-0.2, -0.15) is 0 Å². The Bertz CT molecular complexity index is 920. The minimum Gasteiger partial charge on any atom is -0.497 e. The van der Waals surface area contributed by atoms with Crippen molar-refractivity contribution < 1.29 is 19.0 Å². The fraction of sp³-hybridized carbons (Fsp3) is 0.0952. The number of carbonyl (C=O) groups excluding carboxylic acids is 1. The highest BCUT2D eigenvalue weighted by molar-refractivity contribution is 9.11. The van der Waals surface area contributed by atoms with Gasteiger partial charge in [0.15, 0.2) is 0 Å². The molecular formula is C21H16Br2O4. The lowest BCUT2D eigenvalue weighted by Crippen LogP contribution is -1.98. The molecule has 6 heteroatoms. The predicted molar refractivity (Wildman–Crippen MR) is 113 cm³/mol. The SMILES string of the molecule is C=CCOc1c(Br)cc(/C=C2/C=C(c3ccc(OC)cc3)OC2=O)cc1Br. The topological polar surface area (TPSA) is 44.8 Å². The summed E-state index contributed by atoms with van der Waals surface area (Å²) in [6.45, 7) is 4.04. The van der Waals surface area contributed by atoms with Gasteiger partial charge in [0.2, 0.25) is 0 Å². The van der Waals surface area contributed by atoms with Crippen LogP contribution in [-0.4, -0.2) is 19.7 Å². The molecule has 0 amide bonds. The fourth-order valence-corrected chi connectivity index (χ4v) is 3.96. The highest BCUT2D eigenvalue weighted by Crippen LogP contribution is 2.36. The van der Waals surface area contributed by atoms with Gasteiger partial charge in [-0.25, -0.2) is 4.79 Å². The highest BCUT2D eigenvalue weighted by Gasteiger charge is 2.22. The molecule has 1 aliphatic rings. The van der Waals surface area contributed by atoms with Crippen LogP contribution in [0.25, 0.3) is 11.8 Å². The summed E-state index contributed by atoms with van der Waals surface area (Å²) >= 11 is 6.99. The van der Waals surface area contributed by atoms with Crippen LogP contribution in [0.4, 0.5) is 0 Å². The molecule has 0 saturated carbocycles. The number of hydrogen-bond acceptors (Lipinski definition) is 4. The van der Waals surface area contributed by atoms with Crippen LogP contribution in [0.2, 0.25) is 0 Å². The molecule has 1 aliphatic heterocycles. The van der Waals surface area contributed by atoms with Crippen LogP contribution in [0.3, 0.4) is 0 Å². The Balaban J connectivity index is 1.88. The molecule has 0 aliphatic carbocycles. The Morgan fingerprint density at radius 2 is 1.81 bits per heavy atom. The average Bonchev–Trinajstić information content (AvgIpc) is 3.01. The van der Waals surface area contributed by atoms with Gasteiger partial charge in [-0.15, -0.1) is 0 Å². The molecule has 0 N–H and O–H groups in total. The summed E-state index contributed by atoms with van der Waals surface area (Å²) in [4.78, 5) is 12.2. The largest absolute Gasteiger partial charge is 0.497 e. The van der Waals surface area contributed by atoms with E-state index in [1.165, 1.54) is 0 Å². The minimum atomic E-state index is -0.389. The maximum Gasteiger partial charge on any atom is 0.343 e. The Kier molecular flexibility index (Phi) is 6.19. The summed E-state index contributed by atoms with van der Waals surface area (Å²) in [5.74, 6) is 1.55. The van der Waals surface area contributed by atoms with E-state index in [2.05, 4.69) is 38.4 Å². The van der Waals surface area contributed by atoms with Gasteiger partial charge in [0.1, 0.15) is 23.9 Å². The highest BCUT2D eigenvalue weighted by atomic mass is 79.9. The van der Waals surface area contributed by atoms with Crippen LogP contribution in [0.15, 0.2) is 69.6 Å². The molecule has 1 heterocycles. The third-order valence-electron chi connectivity index (χ3n) is 3.79. The number of methoxy groups -OCH3 is 1. The van der Waals surface area contributed by atoms with Crippen molar-refractivity contribution in [1.82, 2.24) is 0 Å². The standard InChI is InChI=1S/C21H16Br2O4/c1-3-8-26-20-17(22)10-13(11-18(20)23)9-15-12-19(27-21(15)24)14-4-6-16(25-2)7-5-14/h3-7,9-12H,1,8H2,2H3/b15-9-. The molecule has 27 heavy (non-hydrogen) atoms. The van der Waals surface area contributed by atoms with Crippen molar-refractivity contribution in [2.24, 2.45) is 0 Å². The molecule has 0 unspecified atom stereocenters. The van der Waals surface area contributed by atoms with E-state index in [0.717, 1.165) is 25.8 Å². The lowest BCUT2D eigenvalue weighted by molar-refractivity contribution is -0.130. The summed E-state index contributed by atoms with van der Waals surface area (Å²) in [6, 6.07) is 11.1. The van der Waals surface area contributed by atoms with Crippen molar-refractivity contribution >= 4 is 49.7 Å². The fourth-order valence-electron chi connectivity index (χ4n) is 2.51. The number of halogens is 2. The molecule has 2 aromatic carbocycles. The first-order valence-electron chi connectivity index (χ1n) is 8.04. The van der Waals surface area contributed by atoms with Crippen molar-refractivity contribution in [3.8, 4) is 11.5 Å². The summed E-state index contributed by atoms with van der Waals surface area (Å²) in [5, 5.41) is 0. The number of carbonyl (C=O) groups is 1. The van der Waals surface area contributed by atoms with E-state index in [0.29, 0.717) is 23.7 Å². The molecule has 0 bridgehead atoms. The van der Waals surface area contributed by atoms with Crippen LogP contribution in [0.1, 0.15) is 11.1 Å². The third-order valence-corrected chi connectivity index (χ3v) is 4.97. The molecule has 2 aromatic rings. The molecule has 4 nitrogen and oxygen atoms in total. The number of benzene rings is 2. The summed E-state index contributed by atoms with van der Waals surface area (Å²) in [7, 11) is 1.61. The van der Waals surface area contributed by atoms with Crippen LogP contribution in [0.5, 0.6) is 11.5 Å². The number of cyclic esters (lactones) is 1. The first kappa shape index (κ1) is 19.5. The summed E-state index contributed by atoms with van der Waals surface area (Å²) in [5.41, 5.74) is 2.11. The quantitative estimate of drug-likeness (QED) is 0.292. The number of ether oxygens (including phenoxy) is 3. The molecule has 3 rings (SSSR count). The molecule has 0 atom stereocenters. The molecule has 0 spiro atoms. The van der Waals surface area contributed by atoms with Crippen molar-refractivity contribution in [1.29, 1.82) is 0 Å². The maximum absolute atomic E-state index is 12.2. The summed E-state index contributed by atoms with van der Waals surface area (Å²) < 4.78 is 17.7. The van der Waals surface area contributed by atoms with Gasteiger partial charge in [-0.1, -0.05) is 12.7 Å². The van der Waals surface area contributed by atoms with Gasteiger partial charge in [-0.05, 0) is 86.0 Å². The third kappa shape index (κ3) is 4.51. The van der Waals surface area contributed by atoms with Crippen molar-refractivity contribution in [3.63, 3.8) is 0 Å². The van der Waals surface area contributed by atoms with E-state index in [1.54, 1.807) is 25.3 Å². The Morgan fingerprint density at radius 1 is 1.15 bits per heavy atom. The first-order chi connectivity index (χ1) is 13.0. The van der Waals surface area contributed by atoms with Crippen molar-refractivity contribution in [2.75, 3.05) is 13.7 Å². The minimum absolute atomic E-state index is 0.389. The Hall–Kier alpha value is -2.31. The zero-order valence-corrected chi connectivity index (χ0v) is 17.7. The van der Waals surface area contributed by atoms with Gasteiger partial charge in [0, 0.05) is 5.56 Å². The van der Waals surface area contributed by atoms with E-state index in [9.17, 15) is 4.79 Å². The number of rotatable bonds is 6. The predicted octanol–water partition coefficient (Wildman–Crippen LogP) is 5.77. The molecule has 138 valence electrons. The normalized spacial score (nSPS) is 14.7. The molecule has 0 saturated heterocycles. The lowest BCUT2D eigenvalue weighted by atomic mass is 10.1. The second kappa shape index (κ2) is 8.59. The van der Waals surface area contributed by atoms with Gasteiger partial charge in [0.25, 0.3) is 0 Å². The van der Waals surface area contributed by atoms with E-state index in [-0.39, 0.29) is 5.97 Å². The maximum atomic E-state index is 12.2. The van der Waals surface area contributed by atoms with E-state index < -0.39 is 0 Å². The van der Waals surface area contributed by atoms with Gasteiger partial charge >= 0.3 is 5.97 Å². The second-order valence-electron chi connectivity index (χ2n) is 5.64. The monoisotopic (exact) mass is 490 g/mol. The van der Waals surface area contributed by atoms with Crippen molar-refractivity contribution in [3.05, 3.63) is 80.8 Å². The zero-order valence-electron chi connectivity index (χ0n) is 14.5. The molecule has 0 radical (unpaired) electrons. The average molecular weight is 492 g/mol. The van der Waals surface area contributed by atoms with Gasteiger partial charge in [0.05, 0.1) is 21.6 Å².